The predicted octanol–water partition coefficient (Wildman–Crippen LogP) is 1.93. The fourth-order valence-corrected chi connectivity index (χ4v) is 2.03. The first-order valence-electron chi connectivity index (χ1n) is 7.47. The van der Waals surface area contributed by atoms with E-state index < -0.39 is 5.97 Å². The zero-order valence-electron chi connectivity index (χ0n) is 12.7. The number of rotatable bonds is 9. The Balaban J connectivity index is 1.83. The van der Waals surface area contributed by atoms with E-state index >= 15 is 0 Å². The molecule has 1 fully saturated rings. The zero-order chi connectivity index (χ0) is 15.9. The molecule has 0 aliphatic heterocycles. The number of amides is 1. The minimum Gasteiger partial charge on any atom is -0.494 e. The molecule has 0 saturated heterocycles. The van der Waals surface area contributed by atoms with Crippen LogP contribution in [0.3, 0.4) is 0 Å². The highest BCUT2D eigenvalue weighted by Crippen LogP contribution is 2.27. The number of aliphatic carboxylic acids is 1. The first-order valence-corrected chi connectivity index (χ1v) is 7.47. The second kappa shape index (κ2) is 7.68. The van der Waals surface area contributed by atoms with E-state index in [9.17, 15) is 9.59 Å². The van der Waals surface area contributed by atoms with Gasteiger partial charge in [0.05, 0.1) is 6.61 Å². The van der Waals surface area contributed by atoms with Gasteiger partial charge < -0.3 is 19.5 Å². The third-order valence-electron chi connectivity index (χ3n) is 3.27. The quantitative estimate of drug-likeness (QED) is 0.754. The molecule has 0 heterocycles. The third kappa shape index (κ3) is 4.95. The number of nitrogens with zero attached hydrogens (tertiary/aromatic N) is 1. The molecule has 0 radical (unpaired) electrons. The molecule has 1 amide bonds. The topological polar surface area (TPSA) is 76.1 Å². The molecule has 22 heavy (non-hydrogen) atoms. The van der Waals surface area contributed by atoms with Crippen LogP contribution in [0.15, 0.2) is 24.3 Å². The van der Waals surface area contributed by atoms with Crippen LogP contribution in [0.5, 0.6) is 11.5 Å². The predicted molar refractivity (Wildman–Crippen MR) is 80.1 cm³/mol. The second-order valence-corrected chi connectivity index (χ2v) is 5.26. The SMILES string of the molecule is CCCOc1ccc(OCC(=O)N(CC(=O)O)C2CC2)cc1. The smallest absolute Gasteiger partial charge is 0.323 e. The zero-order valence-corrected chi connectivity index (χ0v) is 12.7. The molecule has 0 atom stereocenters. The van der Waals surface area contributed by atoms with Gasteiger partial charge in [0.15, 0.2) is 6.61 Å². The molecule has 1 aliphatic carbocycles. The molecule has 1 aromatic rings. The highest BCUT2D eigenvalue weighted by atomic mass is 16.5. The summed E-state index contributed by atoms with van der Waals surface area (Å²) in [5.74, 6) is 0.0168. The van der Waals surface area contributed by atoms with Crippen molar-refractivity contribution in [2.75, 3.05) is 19.8 Å². The molecule has 1 aliphatic rings. The molecule has 0 aromatic heterocycles. The summed E-state index contributed by atoms with van der Waals surface area (Å²) in [6.07, 6.45) is 2.66. The lowest BCUT2D eigenvalue weighted by Crippen LogP contribution is -2.40. The van der Waals surface area contributed by atoms with E-state index in [0.29, 0.717) is 12.4 Å². The number of ether oxygens (including phenoxy) is 2. The van der Waals surface area contributed by atoms with Crippen molar-refractivity contribution in [3.8, 4) is 11.5 Å². The van der Waals surface area contributed by atoms with Crippen LogP contribution in [0, 0.1) is 0 Å². The number of benzene rings is 1. The van der Waals surface area contributed by atoms with Crippen LogP contribution in [0.4, 0.5) is 0 Å². The number of carbonyl (C=O) groups excluding carboxylic acids is 1. The summed E-state index contributed by atoms with van der Waals surface area (Å²) in [6.45, 7) is 2.27. The number of hydrogen-bond acceptors (Lipinski definition) is 4. The van der Waals surface area contributed by atoms with Crippen molar-refractivity contribution in [1.29, 1.82) is 0 Å². The fourth-order valence-electron chi connectivity index (χ4n) is 2.03. The van der Waals surface area contributed by atoms with Gasteiger partial charge in [-0.25, -0.2) is 0 Å². The van der Waals surface area contributed by atoms with Crippen LogP contribution in [-0.4, -0.2) is 47.7 Å². The van der Waals surface area contributed by atoms with Gasteiger partial charge in [-0.3, -0.25) is 9.59 Å². The third-order valence-corrected chi connectivity index (χ3v) is 3.27. The maximum Gasteiger partial charge on any atom is 0.323 e. The molecule has 1 N–H and O–H groups in total. The van der Waals surface area contributed by atoms with Crippen LogP contribution in [0.25, 0.3) is 0 Å². The van der Waals surface area contributed by atoms with Crippen LogP contribution in [0.2, 0.25) is 0 Å². The first-order chi connectivity index (χ1) is 10.6. The van der Waals surface area contributed by atoms with Gasteiger partial charge in [-0.15, -0.1) is 0 Å². The molecule has 0 unspecified atom stereocenters. The van der Waals surface area contributed by atoms with E-state index in [4.69, 9.17) is 14.6 Å². The lowest BCUT2D eigenvalue weighted by molar-refractivity contribution is -0.145. The number of hydrogen-bond donors (Lipinski definition) is 1. The van der Waals surface area contributed by atoms with E-state index in [2.05, 4.69) is 0 Å². The molecule has 1 aromatic carbocycles. The Hall–Kier alpha value is -2.24. The molecule has 6 nitrogen and oxygen atoms in total. The first kappa shape index (κ1) is 16.1. The maximum atomic E-state index is 12.1. The molecule has 0 spiro atoms. The largest absolute Gasteiger partial charge is 0.494 e. The fraction of sp³-hybridized carbons (Fsp3) is 0.500. The highest BCUT2D eigenvalue weighted by molar-refractivity contribution is 5.83. The Morgan fingerprint density at radius 2 is 1.77 bits per heavy atom. The van der Waals surface area contributed by atoms with Crippen LogP contribution in [0.1, 0.15) is 26.2 Å². The van der Waals surface area contributed by atoms with E-state index in [1.54, 1.807) is 24.3 Å². The molecule has 120 valence electrons. The normalized spacial score (nSPS) is 13.5. The summed E-state index contributed by atoms with van der Waals surface area (Å²) >= 11 is 0. The van der Waals surface area contributed by atoms with Gasteiger partial charge in [-0.2, -0.15) is 0 Å². The summed E-state index contributed by atoms with van der Waals surface area (Å²) in [5.41, 5.74) is 0. The minimum atomic E-state index is -1.00. The van der Waals surface area contributed by atoms with Crippen molar-refractivity contribution >= 4 is 11.9 Å². The average molecular weight is 307 g/mol. The van der Waals surface area contributed by atoms with Gasteiger partial charge in [-0.1, -0.05) is 6.92 Å². The van der Waals surface area contributed by atoms with Gasteiger partial charge in [0.1, 0.15) is 18.0 Å². The minimum absolute atomic E-state index is 0.0528. The van der Waals surface area contributed by atoms with Crippen molar-refractivity contribution in [3.63, 3.8) is 0 Å². The maximum absolute atomic E-state index is 12.1. The second-order valence-electron chi connectivity index (χ2n) is 5.26. The Morgan fingerprint density at radius 1 is 1.18 bits per heavy atom. The van der Waals surface area contributed by atoms with E-state index in [1.165, 1.54) is 4.90 Å². The summed E-state index contributed by atoms with van der Waals surface area (Å²) < 4.78 is 10.9. The molecule has 1 saturated carbocycles. The summed E-state index contributed by atoms with van der Waals surface area (Å²) in [5, 5.41) is 8.85. The molecule has 6 heteroatoms. The van der Waals surface area contributed by atoms with Gasteiger partial charge in [0, 0.05) is 6.04 Å². The lowest BCUT2D eigenvalue weighted by atomic mass is 10.3. The highest BCUT2D eigenvalue weighted by Gasteiger charge is 2.33. The van der Waals surface area contributed by atoms with Gasteiger partial charge in [0.2, 0.25) is 0 Å². The van der Waals surface area contributed by atoms with Gasteiger partial charge in [0.25, 0.3) is 5.91 Å². The van der Waals surface area contributed by atoms with Gasteiger partial charge in [-0.05, 0) is 43.5 Å². The monoisotopic (exact) mass is 307 g/mol. The molecule has 2 rings (SSSR count). The van der Waals surface area contributed by atoms with Gasteiger partial charge >= 0.3 is 5.97 Å². The van der Waals surface area contributed by atoms with Crippen molar-refractivity contribution in [2.24, 2.45) is 0 Å². The molecular weight excluding hydrogens is 286 g/mol. The summed E-state index contributed by atoms with van der Waals surface area (Å²) in [7, 11) is 0. The summed E-state index contributed by atoms with van der Waals surface area (Å²) in [6, 6.07) is 7.09. The van der Waals surface area contributed by atoms with Crippen molar-refractivity contribution in [3.05, 3.63) is 24.3 Å². The Labute approximate surface area is 129 Å². The van der Waals surface area contributed by atoms with Crippen LogP contribution in [-0.2, 0) is 9.59 Å². The van der Waals surface area contributed by atoms with Crippen molar-refractivity contribution in [2.45, 2.75) is 32.2 Å². The Morgan fingerprint density at radius 3 is 2.27 bits per heavy atom. The van der Waals surface area contributed by atoms with E-state index in [1.807, 2.05) is 6.92 Å². The number of carboxylic acids is 1. The van der Waals surface area contributed by atoms with Crippen molar-refractivity contribution in [1.82, 2.24) is 4.90 Å². The standard InChI is InChI=1S/C16H21NO5/c1-2-9-21-13-5-7-14(8-6-13)22-11-15(18)17(10-16(19)20)12-3-4-12/h5-8,12H,2-4,9-11H2,1H3,(H,19,20). The van der Waals surface area contributed by atoms with E-state index in [0.717, 1.165) is 25.0 Å². The summed E-state index contributed by atoms with van der Waals surface area (Å²) in [4.78, 5) is 24.2. The van der Waals surface area contributed by atoms with Crippen molar-refractivity contribution < 1.29 is 24.2 Å². The lowest BCUT2D eigenvalue weighted by Gasteiger charge is -2.20. The molecular formula is C16H21NO5. The Bertz CT molecular complexity index is 510. The molecule has 0 bridgehead atoms. The number of carbonyl (C=O) groups is 2. The van der Waals surface area contributed by atoms with Crippen LogP contribution >= 0.6 is 0 Å². The Kier molecular flexibility index (Phi) is 5.63. The number of carboxylic acid groups (broad SMARTS) is 1. The average Bonchev–Trinajstić information content (AvgIpc) is 3.33. The van der Waals surface area contributed by atoms with E-state index in [-0.39, 0.29) is 25.1 Å². The van der Waals surface area contributed by atoms with Crippen LogP contribution < -0.4 is 9.47 Å².